The van der Waals surface area contributed by atoms with Crippen LogP contribution in [0.1, 0.15) is 5.69 Å². The number of pyridine rings is 2. The van der Waals surface area contributed by atoms with Crippen molar-refractivity contribution in [1.82, 2.24) is 14.4 Å². The summed E-state index contributed by atoms with van der Waals surface area (Å²) in [4.78, 5) is 20.5. The van der Waals surface area contributed by atoms with E-state index >= 15 is 0 Å². The summed E-state index contributed by atoms with van der Waals surface area (Å²) in [6.07, 6.45) is 3.09. The monoisotopic (exact) mass is 440 g/mol. The molecule has 0 aliphatic heterocycles. The molecule has 8 nitrogen and oxygen atoms in total. The smallest absolute Gasteiger partial charge is 0.262 e. The van der Waals surface area contributed by atoms with E-state index in [9.17, 15) is 17.6 Å². The zero-order valence-corrected chi connectivity index (χ0v) is 17.4. The molecule has 0 amide bonds. The van der Waals surface area contributed by atoms with Gasteiger partial charge < -0.3 is 4.74 Å². The van der Waals surface area contributed by atoms with Crippen LogP contribution in [0.4, 0.5) is 10.1 Å². The Balaban J connectivity index is 1.78. The zero-order valence-electron chi connectivity index (χ0n) is 16.5. The second-order valence-corrected chi connectivity index (χ2v) is 8.41. The number of fused-ring (bicyclic) bond motifs is 1. The number of nitrogens with one attached hydrogen (secondary N) is 1. The number of anilines is 1. The van der Waals surface area contributed by atoms with Crippen LogP contribution >= 0.6 is 0 Å². The standard InChI is InChI=1S/C21H17FN4O4S/c1-13-8-20(27)26-12-14(6-7-19(26)24-13)15-9-18(21(30-2)23-11-15)25-31(28,29)17-5-3-4-16(22)10-17/h3-12,25H,1-2H3. The molecule has 3 heterocycles. The molecule has 31 heavy (non-hydrogen) atoms. The maximum absolute atomic E-state index is 13.5. The van der Waals surface area contributed by atoms with Crippen LogP contribution in [-0.4, -0.2) is 29.9 Å². The highest BCUT2D eigenvalue weighted by atomic mass is 32.2. The lowest BCUT2D eigenvalue weighted by atomic mass is 10.1. The second-order valence-electron chi connectivity index (χ2n) is 6.73. The van der Waals surface area contributed by atoms with E-state index in [1.54, 1.807) is 25.3 Å². The molecular weight excluding hydrogens is 423 g/mol. The summed E-state index contributed by atoms with van der Waals surface area (Å²) in [5, 5.41) is 0. The van der Waals surface area contributed by atoms with Gasteiger partial charge in [-0.3, -0.25) is 13.9 Å². The normalized spacial score (nSPS) is 11.5. The maximum atomic E-state index is 13.5. The van der Waals surface area contributed by atoms with E-state index in [4.69, 9.17) is 4.74 Å². The van der Waals surface area contributed by atoms with E-state index < -0.39 is 15.8 Å². The average Bonchev–Trinajstić information content (AvgIpc) is 2.73. The first-order chi connectivity index (χ1) is 14.8. The molecule has 0 aliphatic carbocycles. The van der Waals surface area contributed by atoms with Crippen LogP contribution < -0.4 is 15.0 Å². The molecule has 3 aromatic heterocycles. The van der Waals surface area contributed by atoms with Crippen molar-refractivity contribution in [3.8, 4) is 17.0 Å². The van der Waals surface area contributed by atoms with Crippen LogP contribution in [0.5, 0.6) is 5.88 Å². The van der Waals surface area contributed by atoms with Crippen LogP contribution in [0.15, 0.2) is 70.6 Å². The molecule has 0 saturated heterocycles. The van der Waals surface area contributed by atoms with Crippen molar-refractivity contribution in [2.45, 2.75) is 11.8 Å². The van der Waals surface area contributed by atoms with Gasteiger partial charge >= 0.3 is 0 Å². The molecular formula is C21H17FN4O4S. The Hall–Kier alpha value is -3.79. The van der Waals surface area contributed by atoms with Gasteiger partial charge in [-0.1, -0.05) is 6.07 Å². The number of aryl methyl sites for hydroxylation is 1. The quantitative estimate of drug-likeness (QED) is 0.512. The molecule has 4 aromatic rings. The Morgan fingerprint density at radius 3 is 2.65 bits per heavy atom. The molecule has 0 aliphatic rings. The van der Waals surface area contributed by atoms with Gasteiger partial charge in [0, 0.05) is 35.3 Å². The number of ether oxygens (including phenoxy) is 1. The summed E-state index contributed by atoms with van der Waals surface area (Å²) in [6.45, 7) is 1.74. The second kappa shape index (κ2) is 7.80. The largest absolute Gasteiger partial charge is 0.480 e. The van der Waals surface area contributed by atoms with Gasteiger partial charge in [0.1, 0.15) is 17.2 Å². The van der Waals surface area contributed by atoms with Gasteiger partial charge in [-0.05, 0) is 43.3 Å². The summed E-state index contributed by atoms with van der Waals surface area (Å²) in [6, 6.07) is 11.0. The number of hydrogen-bond acceptors (Lipinski definition) is 6. The van der Waals surface area contributed by atoms with Crippen LogP contribution in [0, 0.1) is 12.7 Å². The van der Waals surface area contributed by atoms with Crippen LogP contribution in [0.2, 0.25) is 0 Å². The van der Waals surface area contributed by atoms with Gasteiger partial charge in [-0.15, -0.1) is 0 Å². The van der Waals surface area contributed by atoms with E-state index in [-0.39, 0.29) is 22.0 Å². The lowest BCUT2D eigenvalue weighted by Crippen LogP contribution is -2.15. The number of rotatable bonds is 5. The van der Waals surface area contributed by atoms with E-state index in [0.29, 0.717) is 22.5 Å². The van der Waals surface area contributed by atoms with Crippen LogP contribution in [-0.2, 0) is 10.0 Å². The van der Waals surface area contributed by atoms with Gasteiger partial charge in [0.2, 0.25) is 5.88 Å². The van der Waals surface area contributed by atoms with Gasteiger partial charge in [-0.2, -0.15) is 0 Å². The third-order valence-corrected chi connectivity index (χ3v) is 5.88. The zero-order chi connectivity index (χ0) is 22.2. The fourth-order valence-corrected chi connectivity index (χ4v) is 4.16. The Kier molecular flexibility index (Phi) is 5.15. The Morgan fingerprint density at radius 2 is 1.90 bits per heavy atom. The van der Waals surface area contributed by atoms with E-state index in [0.717, 1.165) is 12.1 Å². The summed E-state index contributed by atoms with van der Waals surface area (Å²) in [5.41, 5.74) is 2.07. The Morgan fingerprint density at radius 1 is 1.10 bits per heavy atom. The summed E-state index contributed by atoms with van der Waals surface area (Å²) < 4.78 is 47.8. The molecule has 158 valence electrons. The first kappa shape index (κ1) is 20.5. The van der Waals surface area contributed by atoms with Crippen LogP contribution in [0.25, 0.3) is 16.8 Å². The molecule has 0 saturated carbocycles. The van der Waals surface area contributed by atoms with Crippen molar-refractivity contribution in [3.63, 3.8) is 0 Å². The summed E-state index contributed by atoms with van der Waals surface area (Å²) in [7, 11) is -2.74. The Bertz CT molecular complexity index is 1470. The van der Waals surface area contributed by atoms with Crippen molar-refractivity contribution >= 4 is 21.4 Å². The first-order valence-electron chi connectivity index (χ1n) is 9.10. The van der Waals surface area contributed by atoms with Crippen molar-refractivity contribution in [2.75, 3.05) is 11.8 Å². The number of halogens is 1. The molecule has 0 atom stereocenters. The molecule has 0 spiro atoms. The highest BCUT2D eigenvalue weighted by Crippen LogP contribution is 2.30. The molecule has 1 aromatic carbocycles. The summed E-state index contributed by atoms with van der Waals surface area (Å²) in [5.74, 6) is -0.633. The van der Waals surface area contributed by atoms with Crippen molar-refractivity contribution in [3.05, 3.63) is 82.8 Å². The highest BCUT2D eigenvalue weighted by molar-refractivity contribution is 7.92. The SMILES string of the molecule is COc1ncc(-c2ccc3nc(C)cc(=O)n3c2)cc1NS(=O)(=O)c1cccc(F)c1. The fraction of sp³-hybridized carbons (Fsp3) is 0.0952. The molecule has 0 bridgehead atoms. The predicted molar refractivity (Wildman–Crippen MR) is 113 cm³/mol. The topological polar surface area (TPSA) is 103 Å². The van der Waals surface area contributed by atoms with E-state index in [1.165, 1.54) is 42.0 Å². The predicted octanol–water partition coefficient (Wildman–Crippen LogP) is 3.01. The molecule has 4 rings (SSSR count). The molecule has 0 unspecified atom stereocenters. The minimum absolute atomic E-state index is 0.0407. The Labute approximate surface area is 177 Å². The number of sulfonamides is 1. The van der Waals surface area contributed by atoms with Gasteiger partial charge in [-0.25, -0.2) is 22.8 Å². The van der Waals surface area contributed by atoms with Gasteiger partial charge in [0.05, 0.1) is 12.0 Å². The van der Waals surface area contributed by atoms with Crippen molar-refractivity contribution in [1.29, 1.82) is 0 Å². The minimum Gasteiger partial charge on any atom is -0.480 e. The molecule has 1 N–H and O–H groups in total. The summed E-state index contributed by atoms with van der Waals surface area (Å²) >= 11 is 0. The van der Waals surface area contributed by atoms with Gasteiger partial charge in [0.25, 0.3) is 15.6 Å². The third kappa shape index (κ3) is 4.10. The lowest BCUT2D eigenvalue weighted by Gasteiger charge is -2.13. The number of hydrogen-bond donors (Lipinski definition) is 1. The highest BCUT2D eigenvalue weighted by Gasteiger charge is 2.19. The third-order valence-electron chi connectivity index (χ3n) is 4.52. The number of benzene rings is 1. The molecule has 0 radical (unpaired) electrons. The lowest BCUT2D eigenvalue weighted by molar-refractivity contribution is 0.400. The maximum Gasteiger partial charge on any atom is 0.262 e. The number of methoxy groups -OCH3 is 1. The molecule has 10 heteroatoms. The van der Waals surface area contributed by atoms with Gasteiger partial charge in [0.15, 0.2) is 0 Å². The first-order valence-corrected chi connectivity index (χ1v) is 10.6. The van der Waals surface area contributed by atoms with Crippen molar-refractivity contribution < 1.29 is 17.5 Å². The van der Waals surface area contributed by atoms with E-state index in [1.807, 2.05) is 0 Å². The minimum atomic E-state index is -4.09. The van der Waals surface area contributed by atoms with Crippen molar-refractivity contribution in [2.24, 2.45) is 0 Å². The average molecular weight is 440 g/mol. The van der Waals surface area contributed by atoms with Crippen LogP contribution in [0.3, 0.4) is 0 Å². The number of nitrogens with zero attached hydrogens (tertiary/aromatic N) is 3. The number of aromatic nitrogens is 3. The molecule has 0 fully saturated rings. The fourth-order valence-electron chi connectivity index (χ4n) is 3.08. The van der Waals surface area contributed by atoms with E-state index in [2.05, 4.69) is 14.7 Å².